The Morgan fingerprint density at radius 3 is 2.36 bits per heavy atom. The van der Waals surface area contributed by atoms with Gasteiger partial charge in [0, 0.05) is 11.6 Å². The lowest BCUT2D eigenvalue weighted by molar-refractivity contribution is -0.137. The summed E-state index contributed by atoms with van der Waals surface area (Å²) in [5.74, 6) is -1.10. The molecule has 0 saturated heterocycles. The largest absolute Gasteiger partial charge is 0.416 e. The van der Waals surface area contributed by atoms with Crippen LogP contribution < -0.4 is 10.6 Å². The van der Waals surface area contributed by atoms with E-state index in [9.17, 15) is 22.8 Å². The van der Waals surface area contributed by atoms with E-state index in [1.54, 1.807) is 0 Å². The zero-order valence-electron chi connectivity index (χ0n) is 12.6. The maximum atomic E-state index is 12.6. The molecule has 4 nitrogen and oxygen atoms in total. The van der Waals surface area contributed by atoms with Gasteiger partial charge in [-0.2, -0.15) is 13.2 Å². The number of carbonyl (C=O) groups excluding carboxylic acids is 2. The fourth-order valence-corrected chi connectivity index (χ4v) is 1.65. The minimum absolute atomic E-state index is 0.0413. The average Bonchev–Trinajstić information content (AvgIpc) is 2.46. The second-order valence-electron chi connectivity index (χ2n) is 5.09. The maximum absolute atomic E-state index is 12.6. The summed E-state index contributed by atoms with van der Waals surface area (Å²) in [7, 11) is 0. The average molecular weight is 316 g/mol. The first kappa shape index (κ1) is 18.0. The van der Waals surface area contributed by atoms with Gasteiger partial charge in [0.05, 0.1) is 5.56 Å². The molecule has 0 aliphatic carbocycles. The van der Waals surface area contributed by atoms with Crippen molar-refractivity contribution in [1.82, 2.24) is 10.6 Å². The monoisotopic (exact) mass is 316 g/mol. The van der Waals surface area contributed by atoms with Crippen LogP contribution in [0.15, 0.2) is 24.3 Å². The van der Waals surface area contributed by atoms with Crippen LogP contribution >= 0.6 is 0 Å². The molecular formula is C15H19F3N2O2. The van der Waals surface area contributed by atoms with Crippen LogP contribution in [0.1, 0.15) is 43.1 Å². The van der Waals surface area contributed by atoms with Crippen molar-refractivity contribution < 1.29 is 22.8 Å². The number of hydrogen-bond donors (Lipinski definition) is 2. The van der Waals surface area contributed by atoms with Gasteiger partial charge in [0.25, 0.3) is 5.91 Å². The molecule has 0 heterocycles. The molecule has 0 aliphatic rings. The van der Waals surface area contributed by atoms with Crippen LogP contribution in [0.4, 0.5) is 13.2 Å². The summed E-state index contributed by atoms with van der Waals surface area (Å²) in [5, 5.41) is 5.07. The van der Waals surface area contributed by atoms with Gasteiger partial charge in [-0.25, -0.2) is 0 Å². The van der Waals surface area contributed by atoms with Gasteiger partial charge in [0.2, 0.25) is 5.91 Å². The highest BCUT2D eigenvalue weighted by molar-refractivity contribution is 5.97. The quantitative estimate of drug-likeness (QED) is 0.877. The summed E-state index contributed by atoms with van der Waals surface area (Å²) >= 11 is 0. The molecule has 22 heavy (non-hydrogen) atoms. The van der Waals surface area contributed by atoms with Crippen molar-refractivity contribution in [3.63, 3.8) is 0 Å². The smallest absolute Gasteiger partial charge is 0.352 e. The van der Waals surface area contributed by atoms with Crippen molar-refractivity contribution in [2.24, 2.45) is 0 Å². The molecule has 1 rings (SSSR count). The first-order chi connectivity index (χ1) is 10.1. The molecule has 0 saturated carbocycles. The minimum atomic E-state index is -4.52. The Bertz CT molecular complexity index is 544. The van der Waals surface area contributed by atoms with Crippen LogP contribution in [0.3, 0.4) is 0 Å². The van der Waals surface area contributed by atoms with Gasteiger partial charge in [-0.3, -0.25) is 9.59 Å². The van der Waals surface area contributed by atoms with Crippen molar-refractivity contribution in [1.29, 1.82) is 0 Å². The number of rotatable bonds is 5. The fourth-order valence-electron chi connectivity index (χ4n) is 1.65. The lowest BCUT2D eigenvalue weighted by atomic mass is 10.1. The molecule has 0 aromatic heterocycles. The van der Waals surface area contributed by atoms with Gasteiger partial charge in [-0.15, -0.1) is 0 Å². The SMILES string of the molecule is CC[C@@H](C)NC(=O)[C@@H](C)NC(=O)c1cccc(C(F)(F)F)c1. The van der Waals surface area contributed by atoms with E-state index in [-0.39, 0.29) is 17.5 Å². The molecule has 1 aromatic rings. The van der Waals surface area contributed by atoms with E-state index in [0.717, 1.165) is 24.6 Å². The summed E-state index contributed by atoms with van der Waals surface area (Å²) in [5.41, 5.74) is -1.05. The summed E-state index contributed by atoms with van der Waals surface area (Å²) in [4.78, 5) is 23.7. The van der Waals surface area contributed by atoms with Crippen LogP contribution in [0.2, 0.25) is 0 Å². The summed E-state index contributed by atoms with van der Waals surface area (Å²) in [6, 6.07) is 3.19. The van der Waals surface area contributed by atoms with E-state index in [4.69, 9.17) is 0 Å². The van der Waals surface area contributed by atoms with Crippen LogP contribution in [0.25, 0.3) is 0 Å². The van der Waals surface area contributed by atoms with Gasteiger partial charge < -0.3 is 10.6 Å². The van der Waals surface area contributed by atoms with Crippen molar-refractivity contribution >= 4 is 11.8 Å². The third kappa shape index (κ3) is 5.05. The number of amides is 2. The maximum Gasteiger partial charge on any atom is 0.416 e. The van der Waals surface area contributed by atoms with E-state index in [0.29, 0.717) is 0 Å². The standard InChI is InChI=1S/C15H19F3N2O2/c1-4-9(2)19-13(21)10(3)20-14(22)11-6-5-7-12(8-11)15(16,17)18/h5-10H,4H2,1-3H3,(H,19,21)(H,20,22)/t9-,10-/m1/s1. The van der Waals surface area contributed by atoms with Gasteiger partial charge in [0.15, 0.2) is 0 Å². The third-order valence-corrected chi connectivity index (χ3v) is 3.19. The third-order valence-electron chi connectivity index (χ3n) is 3.19. The molecule has 0 bridgehead atoms. The molecule has 0 radical (unpaired) electrons. The molecule has 1 aromatic carbocycles. The van der Waals surface area contributed by atoms with E-state index in [1.165, 1.54) is 13.0 Å². The Morgan fingerprint density at radius 2 is 1.82 bits per heavy atom. The lowest BCUT2D eigenvalue weighted by Crippen LogP contribution is -2.47. The van der Waals surface area contributed by atoms with E-state index in [2.05, 4.69) is 10.6 Å². The van der Waals surface area contributed by atoms with Crippen LogP contribution in [-0.2, 0) is 11.0 Å². The Hall–Kier alpha value is -2.05. The fraction of sp³-hybridized carbons (Fsp3) is 0.467. The molecule has 2 amide bonds. The Balaban J connectivity index is 2.75. The molecule has 7 heteroatoms. The lowest BCUT2D eigenvalue weighted by Gasteiger charge is -2.17. The van der Waals surface area contributed by atoms with Crippen molar-refractivity contribution in [2.75, 3.05) is 0 Å². The second kappa shape index (κ2) is 7.29. The summed E-state index contributed by atoms with van der Waals surface area (Å²) < 4.78 is 37.8. The number of carbonyl (C=O) groups is 2. The molecule has 122 valence electrons. The summed E-state index contributed by atoms with van der Waals surface area (Å²) in [6.45, 7) is 5.19. The normalized spacial score (nSPS) is 14.1. The number of halogens is 3. The zero-order chi connectivity index (χ0) is 16.9. The Morgan fingerprint density at radius 1 is 1.18 bits per heavy atom. The number of nitrogens with one attached hydrogen (secondary N) is 2. The van der Waals surface area contributed by atoms with Gasteiger partial charge in [-0.1, -0.05) is 13.0 Å². The van der Waals surface area contributed by atoms with E-state index >= 15 is 0 Å². The first-order valence-corrected chi connectivity index (χ1v) is 6.93. The van der Waals surface area contributed by atoms with Crippen LogP contribution in [-0.4, -0.2) is 23.9 Å². The van der Waals surface area contributed by atoms with Crippen LogP contribution in [0, 0.1) is 0 Å². The number of alkyl halides is 3. The van der Waals surface area contributed by atoms with Crippen LogP contribution in [0.5, 0.6) is 0 Å². The van der Waals surface area contributed by atoms with Gasteiger partial charge in [-0.05, 0) is 38.5 Å². The minimum Gasteiger partial charge on any atom is -0.352 e. The highest BCUT2D eigenvalue weighted by Crippen LogP contribution is 2.29. The van der Waals surface area contributed by atoms with Gasteiger partial charge >= 0.3 is 6.18 Å². The Kier molecular flexibility index (Phi) is 5.96. The molecule has 0 fully saturated rings. The molecule has 2 N–H and O–H groups in total. The highest BCUT2D eigenvalue weighted by Gasteiger charge is 2.31. The van der Waals surface area contributed by atoms with Crippen molar-refractivity contribution in [3.05, 3.63) is 35.4 Å². The molecule has 2 atom stereocenters. The van der Waals surface area contributed by atoms with Gasteiger partial charge in [0.1, 0.15) is 6.04 Å². The van der Waals surface area contributed by atoms with Crippen molar-refractivity contribution in [3.8, 4) is 0 Å². The summed E-state index contributed by atoms with van der Waals surface area (Å²) in [6.07, 6.45) is -3.78. The van der Waals surface area contributed by atoms with E-state index in [1.807, 2.05) is 13.8 Å². The molecule has 0 spiro atoms. The second-order valence-corrected chi connectivity index (χ2v) is 5.09. The highest BCUT2D eigenvalue weighted by atomic mass is 19.4. The number of hydrogen-bond acceptors (Lipinski definition) is 2. The first-order valence-electron chi connectivity index (χ1n) is 6.93. The van der Waals surface area contributed by atoms with Crippen molar-refractivity contribution in [2.45, 2.75) is 45.5 Å². The molecule has 0 unspecified atom stereocenters. The predicted molar refractivity (Wildman–Crippen MR) is 76.3 cm³/mol. The zero-order valence-corrected chi connectivity index (χ0v) is 12.6. The van der Waals surface area contributed by atoms with E-state index < -0.39 is 23.7 Å². The molecular weight excluding hydrogens is 297 g/mol. The number of benzene rings is 1. The topological polar surface area (TPSA) is 58.2 Å². The Labute approximate surface area is 127 Å². The predicted octanol–water partition coefficient (Wildman–Crippen LogP) is 2.74. The molecule has 0 aliphatic heterocycles.